The molecule has 2 aromatic carbocycles. The number of hydrogen-bond acceptors (Lipinski definition) is 5. The summed E-state index contributed by atoms with van der Waals surface area (Å²) in [5.41, 5.74) is 1.86. The number of morpholine rings is 1. The van der Waals surface area contributed by atoms with Crippen molar-refractivity contribution in [2.75, 3.05) is 32.8 Å². The van der Waals surface area contributed by atoms with Crippen LogP contribution in [0.5, 0.6) is 0 Å². The Bertz CT molecular complexity index is 894. The third kappa shape index (κ3) is 4.86. The summed E-state index contributed by atoms with van der Waals surface area (Å²) in [5.74, 6) is -0.0568. The van der Waals surface area contributed by atoms with Gasteiger partial charge in [0.25, 0.3) is 5.69 Å². The van der Waals surface area contributed by atoms with Gasteiger partial charge in [0.2, 0.25) is 5.91 Å². The van der Waals surface area contributed by atoms with Crippen molar-refractivity contribution in [3.8, 4) is 0 Å². The summed E-state index contributed by atoms with van der Waals surface area (Å²) in [6, 6.07) is 17.0. The van der Waals surface area contributed by atoms with Crippen molar-refractivity contribution < 1.29 is 14.5 Å². The molecule has 0 radical (unpaired) electrons. The van der Waals surface area contributed by atoms with Gasteiger partial charge in [-0.05, 0) is 30.4 Å². The van der Waals surface area contributed by atoms with Crippen LogP contribution in [0.15, 0.2) is 54.6 Å². The molecule has 2 aliphatic heterocycles. The largest absolute Gasteiger partial charge is 0.363 e. The van der Waals surface area contributed by atoms with E-state index in [1.54, 1.807) is 17.0 Å². The Morgan fingerprint density at radius 3 is 2.50 bits per heavy atom. The van der Waals surface area contributed by atoms with Crippen LogP contribution in [-0.4, -0.2) is 59.0 Å². The van der Waals surface area contributed by atoms with Gasteiger partial charge in [0.05, 0.1) is 17.1 Å². The van der Waals surface area contributed by atoms with E-state index in [1.165, 1.54) is 11.6 Å². The first-order valence-electron chi connectivity index (χ1n) is 10.4. The summed E-state index contributed by atoms with van der Waals surface area (Å²) in [6.07, 6.45) is 2.81. The molecule has 1 amide bonds. The fraction of sp³-hybridized carbons (Fsp3) is 0.435. The highest BCUT2D eigenvalue weighted by atomic mass is 16.6. The summed E-state index contributed by atoms with van der Waals surface area (Å²) >= 11 is 0. The number of amides is 1. The van der Waals surface area contributed by atoms with E-state index >= 15 is 0 Å². The number of piperidine rings is 1. The first-order valence-corrected chi connectivity index (χ1v) is 10.4. The Labute approximate surface area is 176 Å². The van der Waals surface area contributed by atoms with Gasteiger partial charge in [0, 0.05) is 38.3 Å². The van der Waals surface area contributed by atoms with Gasteiger partial charge < -0.3 is 14.5 Å². The maximum atomic E-state index is 12.4. The van der Waals surface area contributed by atoms with Crippen LogP contribution in [0, 0.1) is 10.1 Å². The number of nitro benzene ring substituents is 1. The molecule has 7 nitrogen and oxygen atoms in total. The lowest BCUT2D eigenvalue weighted by Gasteiger charge is -2.47. The lowest BCUT2D eigenvalue weighted by molar-refractivity contribution is -0.384. The van der Waals surface area contributed by atoms with Crippen molar-refractivity contribution in [3.63, 3.8) is 0 Å². The Kier molecular flexibility index (Phi) is 6.11. The van der Waals surface area contributed by atoms with Gasteiger partial charge in [0.1, 0.15) is 6.61 Å². The molecule has 0 bridgehead atoms. The number of likely N-dealkylation sites (tertiary alicyclic amines) is 1. The van der Waals surface area contributed by atoms with Crippen LogP contribution in [0.2, 0.25) is 0 Å². The lowest BCUT2D eigenvalue weighted by atomic mass is 9.89. The summed E-state index contributed by atoms with van der Waals surface area (Å²) in [4.78, 5) is 27.3. The Balaban J connectivity index is 1.33. The number of ether oxygens (including phenoxy) is 1. The van der Waals surface area contributed by atoms with Crippen molar-refractivity contribution in [2.45, 2.75) is 31.4 Å². The van der Waals surface area contributed by atoms with Gasteiger partial charge >= 0.3 is 0 Å². The van der Waals surface area contributed by atoms with Crippen LogP contribution in [-0.2, 0) is 22.5 Å². The number of carbonyl (C=O) groups is 1. The number of hydrogen-bond donors (Lipinski definition) is 0. The quantitative estimate of drug-likeness (QED) is 0.541. The van der Waals surface area contributed by atoms with E-state index in [-0.39, 0.29) is 23.8 Å². The molecule has 0 unspecified atom stereocenters. The molecule has 0 N–H and O–H groups in total. The van der Waals surface area contributed by atoms with Crippen LogP contribution >= 0.6 is 0 Å². The fourth-order valence-electron chi connectivity index (χ4n) is 4.34. The standard InChI is InChI=1S/C23H27N3O4/c27-22-17-30-23(18-25(22)16-20-7-4-8-21(15-20)26(28)29)10-13-24(14-11-23)12-9-19-5-2-1-3-6-19/h1-8,15H,9-14,16-18H2. The number of carbonyl (C=O) groups excluding carboxylic acids is 1. The van der Waals surface area contributed by atoms with Gasteiger partial charge in [-0.2, -0.15) is 0 Å². The smallest absolute Gasteiger partial charge is 0.269 e. The number of benzene rings is 2. The van der Waals surface area contributed by atoms with E-state index < -0.39 is 4.92 Å². The third-order valence-corrected chi connectivity index (χ3v) is 6.16. The molecule has 0 aliphatic carbocycles. The zero-order chi connectivity index (χ0) is 21.0. The zero-order valence-electron chi connectivity index (χ0n) is 17.0. The van der Waals surface area contributed by atoms with Crippen LogP contribution in [0.3, 0.4) is 0 Å². The summed E-state index contributed by atoms with van der Waals surface area (Å²) in [7, 11) is 0. The molecule has 2 aliphatic rings. The topological polar surface area (TPSA) is 75.9 Å². The predicted octanol–water partition coefficient (Wildman–Crippen LogP) is 3.03. The molecule has 30 heavy (non-hydrogen) atoms. The van der Waals surface area contributed by atoms with E-state index in [9.17, 15) is 14.9 Å². The van der Waals surface area contributed by atoms with Crippen molar-refractivity contribution >= 4 is 11.6 Å². The minimum atomic E-state index is -0.405. The second kappa shape index (κ2) is 8.93. The number of nitro groups is 1. The zero-order valence-corrected chi connectivity index (χ0v) is 17.0. The molecule has 0 atom stereocenters. The van der Waals surface area contributed by atoms with E-state index in [2.05, 4.69) is 29.2 Å². The first kappa shape index (κ1) is 20.5. The molecule has 7 heteroatoms. The van der Waals surface area contributed by atoms with Crippen LogP contribution in [0.1, 0.15) is 24.0 Å². The molecule has 2 aromatic rings. The molecule has 2 fully saturated rings. The van der Waals surface area contributed by atoms with Gasteiger partial charge in [-0.3, -0.25) is 14.9 Å². The molecule has 0 saturated carbocycles. The molecular weight excluding hydrogens is 382 g/mol. The third-order valence-electron chi connectivity index (χ3n) is 6.16. The maximum Gasteiger partial charge on any atom is 0.269 e. The van der Waals surface area contributed by atoms with Gasteiger partial charge in [0.15, 0.2) is 0 Å². The Hall–Kier alpha value is -2.77. The monoisotopic (exact) mass is 409 g/mol. The summed E-state index contributed by atoms with van der Waals surface area (Å²) in [5, 5.41) is 11.0. The second-order valence-electron chi connectivity index (χ2n) is 8.23. The Morgan fingerprint density at radius 1 is 1.03 bits per heavy atom. The van der Waals surface area contributed by atoms with Crippen molar-refractivity contribution in [3.05, 3.63) is 75.8 Å². The molecule has 2 heterocycles. The molecule has 158 valence electrons. The van der Waals surface area contributed by atoms with E-state index in [1.807, 2.05) is 12.1 Å². The minimum absolute atomic E-state index is 0.0506. The van der Waals surface area contributed by atoms with Gasteiger partial charge in [-0.15, -0.1) is 0 Å². The second-order valence-corrected chi connectivity index (χ2v) is 8.23. The Morgan fingerprint density at radius 2 is 1.77 bits per heavy atom. The number of rotatable bonds is 6. The molecule has 4 rings (SSSR count). The van der Waals surface area contributed by atoms with Crippen LogP contribution < -0.4 is 0 Å². The summed E-state index contributed by atoms with van der Waals surface area (Å²) < 4.78 is 6.03. The van der Waals surface area contributed by atoms with E-state index in [0.29, 0.717) is 13.1 Å². The highest BCUT2D eigenvalue weighted by Gasteiger charge is 2.42. The number of nitrogens with zero attached hydrogens (tertiary/aromatic N) is 3. The summed E-state index contributed by atoms with van der Waals surface area (Å²) in [6.45, 7) is 3.93. The van der Waals surface area contributed by atoms with E-state index in [0.717, 1.165) is 44.5 Å². The van der Waals surface area contributed by atoms with Crippen molar-refractivity contribution in [2.24, 2.45) is 0 Å². The van der Waals surface area contributed by atoms with E-state index in [4.69, 9.17) is 4.74 Å². The fourth-order valence-corrected chi connectivity index (χ4v) is 4.34. The molecule has 1 spiro atoms. The number of non-ortho nitro benzene ring substituents is 1. The highest BCUT2D eigenvalue weighted by molar-refractivity contribution is 5.78. The van der Waals surface area contributed by atoms with Crippen LogP contribution in [0.4, 0.5) is 5.69 Å². The molecule has 0 aromatic heterocycles. The van der Waals surface area contributed by atoms with Gasteiger partial charge in [-0.25, -0.2) is 0 Å². The SMILES string of the molecule is O=C1COC2(CCN(CCc3ccccc3)CC2)CN1Cc1cccc([N+](=O)[O-])c1. The molecular formula is C23H27N3O4. The molecule has 2 saturated heterocycles. The average molecular weight is 409 g/mol. The van der Waals surface area contributed by atoms with Crippen molar-refractivity contribution in [1.82, 2.24) is 9.80 Å². The predicted molar refractivity (Wildman–Crippen MR) is 113 cm³/mol. The first-order chi connectivity index (χ1) is 14.5. The normalized spacial score (nSPS) is 19.2. The maximum absolute atomic E-state index is 12.4. The minimum Gasteiger partial charge on any atom is -0.363 e. The van der Waals surface area contributed by atoms with Crippen molar-refractivity contribution in [1.29, 1.82) is 0 Å². The van der Waals surface area contributed by atoms with Gasteiger partial charge in [-0.1, -0.05) is 42.5 Å². The average Bonchev–Trinajstić information content (AvgIpc) is 2.77. The lowest BCUT2D eigenvalue weighted by Crippen LogP contribution is -2.58. The highest BCUT2D eigenvalue weighted by Crippen LogP contribution is 2.31. The van der Waals surface area contributed by atoms with Crippen LogP contribution in [0.25, 0.3) is 0 Å².